The van der Waals surface area contributed by atoms with Gasteiger partial charge in [-0.25, -0.2) is 0 Å². The number of ether oxygens (including phenoxy) is 1. The molecule has 0 unspecified atom stereocenters. The summed E-state index contributed by atoms with van der Waals surface area (Å²) in [6, 6.07) is 0. The molecular weight excluding hydrogens is 204 g/mol. The van der Waals surface area contributed by atoms with E-state index in [4.69, 9.17) is 10.5 Å². The molecule has 3 N–H and O–H groups in total. The lowest BCUT2D eigenvalue weighted by atomic mass is 9.82. The molecule has 0 spiro atoms. The van der Waals surface area contributed by atoms with Crippen LogP contribution in [0.25, 0.3) is 0 Å². The summed E-state index contributed by atoms with van der Waals surface area (Å²) in [4.78, 5) is 12.0. The maximum absolute atomic E-state index is 12.0. The number of carbonyl (C=O) groups is 1. The fourth-order valence-corrected chi connectivity index (χ4v) is 2.40. The maximum Gasteiger partial charge on any atom is 0.226 e. The quantitative estimate of drug-likeness (QED) is 0.640. The van der Waals surface area contributed by atoms with Crippen LogP contribution < -0.4 is 11.1 Å². The summed E-state index contributed by atoms with van der Waals surface area (Å²) in [5, 5.41) is 2.97. The van der Waals surface area contributed by atoms with E-state index in [1.165, 1.54) is 12.8 Å². The van der Waals surface area contributed by atoms with E-state index in [0.29, 0.717) is 26.3 Å². The van der Waals surface area contributed by atoms with Gasteiger partial charge >= 0.3 is 0 Å². The molecule has 0 atom stereocenters. The number of nitrogens with one attached hydrogen (secondary N) is 1. The van der Waals surface area contributed by atoms with E-state index < -0.39 is 0 Å². The summed E-state index contributed by atoms with van der Waals surface area (Å²) in [6.45, 7) is 4.36. The lowest BCUT2D eigenvalue weighted by Crippen LogP contribution is -2.40. The third-order valence-corrected chi connectivity index (χ3v) is 3.51. The average Bonchev–Trinajstić information content (AvgIpc) is 2.78. The summed E-state index contributed by atoms with van der Waals surface area (Å²) in [5.41, 5.74) is 5.21. The van der Waals surface area contributed by atoms with Crippen LogP contribution in [-0.2, 0) is 9.53 Å². The molecule has 0 heterocycles. The molecule has 1 aliphatic rings. The Labute approximate surface area is 97.9 Å². The van der Waals surface area contributed by atoms with Crippen molar-refractivity contribution in [3.63, 3.8) is 0 Å². The summed E-state index contributed by atoms with van der Waals surface area (Å²) < 4.78 is 5.22. The van der Waals surface area contributed by atoms with Crippen molar-refractivity contribution in [1.82, 2.24) is 5.32 Å². The molecule has 94 valence electrons. The molecule has 1 amide bonds. The molecule has 16 heavy (non-hydrogen) atoms. The van der Waals surface area contributed by atoms with Crippen molar-refractivity contribution < 1.29 is 9.53 Å². The SMILES string of the molecule is CCC1(C(=O)NCCOCCN)CCCC1. The normalized spacial score (nSPS) is 18.6. The zero-order valence-corrected chi connectivity index (χ0v) is 10.3. The Bertz CT molecular complexity index is 213. The smallest absolute Gasteiger partial charge is 0.226 e. The zero-order chi connectivity index (χ0) is 11.9. The van der Waals surface area contributed by atoms with E-state index in [9.17, 15) is 4.79 Å². The Kier molecular flexibility index (Phi) is 5.77. The van der Waals surface area contributed by atoms with Crippen LogP contribution in [0.2, 0.25) is 0 Å². The first-order valence-electron chi connectivity index (χ1n) is 6.31. The van der Waals surface area contributed by atoms with E-state index in [0.717, 1.165) is 19.3 Å². The monoisotopic (exact) mass is 228 g/mol. The predicted molar refractivity (Wildman–Crippen MR) is 64.1 cm³/mol. The van der Waals surface area contributed by atoms with E-state index >= 15 is 0 Å². The number of amides is 1. The van der Waals surface area contributed by atoms with Crippen molar-refractivity contribution in [3.8, 4) is 0 Å². The largest absolute Gasteiger partial charge is 0.378 e. The lowest BCUT2D eigenvalue weighted by Gasteiger charge is -2.25. The van der Waals surface area contributed by atoms with Crippen LogP contribution >= 0.6 is 0 Å². The second-order valence-electron chi connectivity index (χ2n) is 4.50. The van der Waals surface area contributed by atoms with Gasteiger partial charge in [-0.05, 0) is 19.3 Å². The molecular formula is C12H24N2O2. The molecule has 0 bridgehead atoms. The Balaban J connectivity index is 2.22. The highest BCUT2D eigenvalue weighted by Crippen LogP contribution is 2.40. The number of hydrogen-bond donors (Lipinski definition) is 2. The number of nitrogens with two attached hydrogens (primary N) is 1. The first-order valence-corrected chi connectivity index (χ1v) is 6.31. The van der Waals surface area contributed by atoms with Crippen LogP contribution in [0.1, 0.15) is 39.0 Å². The Morgan fingerprint density at radius 3 is 2.62 bits per heavy atom. The fourth-order valence-electron chi connectivity index (χ4n) is 2.40. The topological polar surface area (TPSA) is 64.3 Å². The standard InChI is InChI=1S/C12H24N2O2/c1-2-12(5-3-4-6-12)11(15)14-8-10-16-9-7-13/h2-10,13H2,1H3,(H,14,15). The van der Waals surface area contributed by atoms with Gasteiger partial charge in [0.05, 0.1) is 13.2 Å². The fraction of sp³-hybridized carbons (Fsp3) is 0.917. The Morgan fingerprint density at radius 1 is 1.38 bits per heavy atom. The lowest BCUT2D eigenvalue weighted by molar-refractivity contribution is -0.131. The summed E-state index contributed by atoms with van der Waals surface area (Å²) in [5.74, 6) is 0.212. The molecule has 1 aliphatic carbocycles. The molecule has 4 nitrogen and oxygen atoms in total. The van der Waals surface area contributed by atoms with Crippen molar-refractivity contribution in [3.05, 3.63) is 0 Å². The second-order valence-corrected chi connectivity index (χ2v) is 4.50. The van der Waals surface area contributed by atoms with Crippen molar-refractivity contribution in [2.75, 3.05) is 26.3 Å². The van der Waals surface area contributed by atoms with Gasteiger partial charge in [0.2, 0.25) is 5.91 Å². The van der Waals surface area contributed by atoms with Crippen molar-refractivity contribution >= 4 is 5.91 Å². The molecule has 0 radical (unpaired) electrons. The van der Waals surface area contributed by atoms with Gasteiger partial charge < -0.3 is 15.8 Å². The van der Waals surface area contributed by atoms with Gasteiger partial charge in [0.1, 0.15) is 0 Å². The summed E-state index contributed by atoms with van der Waals surface area (Å²) in [6.07, 6.45) is 5.40. The van der Waals surface area contributed by atoms with Gasteiger partial charge in [0.25, 0.3) is 0 Å². The number of hydrogen-bond acceptors (Lipinski definition) is 3. The van der Waals surface area contributed by atoms with E-state index in [2.05, 4.69) is 12.2 Å². The highest BCUT2D eigenvalue weighted by molar-refractivity contribution is 5.82. The molecule has 4 heteroatoms. The molecule has 1 rings (SSSR count). The van der Waals surface area contributed by atoms with E-state index in [1.807, 2.05) is 0 Å². The van der Waals surface area contributed by atoms with E-state index in [-0.39, 0.29) is 11.3 Å². The van der Waals surface area contributed by atoms with Gasteiger partial charge in [-0.3, -0.25) is 4.79 Å². The first-order chi connectivity index (χ1) is 7.75. The number of rotatable bonds is 7. The van der Waals surface area contributed by atoms with Gasteiger partial charge in [-0.2, -0.15) is 0 Å². The van der Waals surface area contributed by atoms with Crippen LogP contribution in [-0.4, -0.2) is 32.2 Å². The molecule has 0 aromatic heterocycles. The molecule has 1 fully saturated rings. The van der Waals surface area contributed by atoms with Crippen molar-refractivity contribution in [1.29, 1.82) is 0 Å². The zero-order valence-electron chi connectivity index (χ0n) is 10.3. The highest BCUT2D eigenvalue weighted by Gasteiger charge is 2.38. The van der Waals surface area contributed by atoms with E-state index in [1.54, 1.807) is 0 Å². The maximum atomic E-state index is 12.0. The number of carbonyl (C=O) groups excluding carboxylic acids is 1. The third-order valence-electron chi connectivity index (χ3n) is 3.51. The van der Waals surface area contributed by atoms with Crippen LogP contribution in [0.3, 0.4) is 0 Å². The average molecular weight is 228 g/mol. The Hall–Kier alpha value is -0.610. The first kappa shape index (κ1) is 13.5. The minimum Gasteiger partial charge on any atom is -0.378 e. The van der Waals surface area contributed by atoms with Crippen molar-refractivity contribution in [2.24, 2.45) is 11.1 Å². The van der Waals surface area contributed by atoms with Crippen LogP contribution in [0, 0.1) is 5.41 Å². The summed E-state index contributed by atoms with van der Waals surface area (Å²) >= 11 is 0. The molecule has 0 saturated heterocycles. The molecule has 0 aliphatic heterocycles. The second kappa shape index (κ2) is 6.86. The van der Waals surface area contributed by atoms with Gasteiger partial charge in [-0.15, -0.1) is 0 Å². The van der Waals surface area contributed by atoms with Crippen LogP contribution in [0.15, 0.2) is 0 Å². The Morgan fingerprint density at radius 2 is 2.06 bits per heavy atom. The molecule has 0 aromatic rings. The van der Waals surface area contributed by atoms with Crippen molar-refractivity contribution in [2.45, 2.75) is 39.0 Å². The highest BCUT2D eigenvalue weighted by atomic mass is 16.5. The third kappa shape index (κ3) is 3.46. The molecule has 0 aromatic carbocycles. The van der Waals surface area contributed by atoms with Gasteiger partial charge in [0.15, 0.2) is 0 Å². The van der Waals surface area contributed by atoms with Crippen LogP contribution in [0.5, 0.6) is 0 Å². The minimum atomic E-state index is -0.0894. The van der Waals surface area contributed by atoms with Gasteiger partial charge in [-0.1, -0.05) is 19.8 Å². The van der Waals surface area contributed by atoms with Crippen LogP contribution in [0.4, 0.5) is 0 Å². The minimum absolute atomic E-state index is 0.0894. The predicted octanol–water partition coefficient (Wildman–Crippen LogP) is 1.05. The summed E-state index contributed by atoms with van der Waals surface area (Å²) in [7, 11) is 0. The molecule has 1 saturated carbocycles. The van der Waals surface area contributed by atoms with Gasteiger partial charge in [0, 0.05) is 18.5 Å².